The Morgan fingerprint density at radius 2 is 1.18 bits per heavy atom. The Morgan fingerprint density at radius 1 is 0.545 bits per heavy atom. The Hall–Kier alpha value is -1.38. The van der Waals surface area contributed by atoms with Gasteiger partial charge in [-0.1, -0.05) is 68.3 Å². The monoisotopic (exact) mass is 412 g/mol. The van der Waals surface area contributed by atoms with Crippen molar-refractivity contribution in [3.63, 3.8) is 0 Å². The Labute approximate surface area is 147 Å². The number of aryl methyl sites for hydroxylation is 2. The molecule has 0 unspecified atom stereocenters. The summed E-state index contributed by atoms with van der Waals surface area (Å²) in [6, 6.07) is 22.0. The van der Waals surface area contributed by atoms with Gasteiger partial charge in [0.25, 0.3) is 0 Å². The third kappa shape index (κ3) is 2.66. The fraction of sp³-hybridized carbons (Fsp3) is 0.100. The van der Waals surface area contributed by atoms with Crippen LogP contribution in [0.2, 0.25) is 0 Å². The zero-order valence-corrected chi connectivity index (χ0v) is 15.1. The van der Waals surface area contributed by atoms with E-state index in [0.717, 1.165) is 8.95 Å². The van der Waals surface area contributed by atoms with Crippen molar-refractivity contribution < 1.29 is 0 Å². The summed E-state index contributed by atoms with van der Waals surface area (Å²) in [6.45, 7) is 0. The highest BCUT2D eigenvalue weighted by Crippen LogP contribution is 2.33. The number of fused-ring (bicyclic) bond motifs is 1. The first-order valence-corrected chi connectivity index (χ1v) is 8.96. The van der Waals surface area contributed by atoms with Gasteiger partial charge in [0, 0.05) is 8.95 Å². The predicted molar refractivity (Wildman–Crippen MR) is 100 cm³/mol. The Kier molecular flexibility index (Phi) is 3.67. The van der Waals surface area contributed by atoms with Gasteiger partial charge in [-0.2, -0.15) is 0 Å². The molecule has 0 spiro atoms. The van der Waals surface area contributed by atoms with E-state index in [1.165, 1.54) is 46.2 Å². The summed E-state index contributed by atoms with van der Waals surface area (Å²) in [5.41, 5.74) is 8.07. The van der Waals surface area contributed by atoms with Crippen LogP contribution in [-0.4, -0.2) is 0 Å². The average molecular weight is 414 g/mol. The van der Waals surface area contributed by atoms with E-state index in [2.05, 4.69) is 92.5 Å². The molecule has 1 aliphatic rings. The van der Waals surface area contributed by atoms with E-state index in [1.807, 2.05) is 0 Å². The van der Waals surface area contributed by atoms with Gasteiger partial charge in [-0.3, -0.25) is 0 Å². The molecule has 0 heterocycles. The maximum Gasteiger partial charge on any atom is 0.0192 e. The van der Waals surface area contributed by atoms with Gasteiger partial charge in [0.05, 0.1) is 0 Å². The second kappa shape index (κ2) is 5.68. The highest BCUT2D eigenvalue weighted by Gasteiger charge is 2.13. The lowest BCUT2D eigenvalue weighted by atomic mass is 9.86. The average Bonchev–Trinajstić information content (AvgIpc) is 2.48. The van der Waals surface area contributed by atoms with Crippen molar-refractivity contribution in [1.82, 2.24) is 0 Å². The first kappa shape index (κ1) is 14.2. The zero-order valence-electron chi connectivity index (χ0n) is 11.9. The summed E-state index contributed by atoms with van der Waals surface area (Å²) in [5.74, 6) is 0. The Balaban J connectivity index is 1.78. The van der Waals surface area contributed by atoms with Gasteiger partial charge in [-0.05, 0) is 70.5 Å². The molecule has 1 aliphatic carbocycles. The van der Waals surface area contributed by atoms with Crippen molar-refractivity contribution >= 4 is 31.9 Å². The summed E-state index contributed by atoms with van der Waals surface area (Å²) in [6.07, 6.45) is 2.46. The molecule has 0 atom stereocenters. The summed E-state index contributed by atoms with van der Waals surface area (Å²) >= 11 is 7.14. The molecule has 4 rings (SSSR count). The van der Waals surface area contributed by atoms with Crippen LogP contribution in [0.1, 0.15) is 11.1 Å². The molecular weight excluding hydrogens is 400 g/mol. The largest absolute Gasteiger partial charge is 0.0610 e. The molecule has 3 aromatic rings. The lowest BCUT2D eigenvalue weighted by Crippen LogP contribution is -2.07. The molecule has 0 fully saturated rings. The second-order valence-electron chi connectivity index (χ2n) is 5.72. The van der Waals surface area contributed by atoms with Gasteiger partial charge in [0.1, 0.15) is 0 Å². The van der Waals surface area contributed by atoms with Crippen LogP contribution in [0.4, 0.5) is 0 Å². The molecule has 0 aliphatic heterocycles. The summed E-state index contributed by atoms with van der Waals surface area (Å²) in [4.78, 5) is 0. The third-order valence-electron chi connectivity index (χ3n) is 4.26. The Bertz CT molecular complexity index is 845. The van der Waals surface area contributed by atoms with E-state index in [-0.39, 0.29) is 0 Å². The molecule has 0 amide bonds. The number of benzene rings is 3. The van der Waals surface area contributed by atoms with Crippen molar-refractivity contribution in [2.75, 3.05) is 0 Å². The van der Waals surface area contributed by atoms with E-state index < -0.39 is 0 Å². The zero-order chi connectivity index (χ0) is 15.1. The lowest BCUT2D eigenvalue weighted by Gasteiger charge is -2.19. The predicted octanol–water partition coefficient (Wildman–Crippen LogP) is 6.64. The van der Waals surface area contributed by atoms with Crippen LogP contribution in [0.3, 0.4) is 0 Å². The standard InChI is InChI=1S/C20H14Br2/c21-19-10-18(11-20(22)12-19)15-3-1-2-14(8-15)17-7-5-13-4-6-16(13)9-17/h1-3,5,7-12H,4,6H2. The van der Waals surface area contributed by atoms with Crippen LogP contribution in [0, 0.1) is 0 Å². The number of hydrogen-bond donors (Lipinski definition) is 0. The van der Waals surface area contributed by atoms with Gasteiger partial charge < -0.3 is 0 Å². The van der Waals surface area contributed by atoms with E-state index in [9.17, 15) is 0 Å². The van der Waals surface area contributed by atoms with E-state index >= 15 is 0 Å². The molecule has 0 saturated carbocycles. The summed E-state index contributed by atoms with van der Waals surface area (Å²) in [5, 5.41) is 0. The Morgan fingerprint density at radius 3 is 1.82 bits per heavy atom. The molecule has 0 aromatic heterocycles. The molecule has 22 heavy (non-hydrogen) atoms. The van der Waals surface area contributed by atoms with Crippen LogP contribution in [0.15, 0.2) is 69.6 Å². The van der Waals surface area contributed by atoms with Gasteiger partial charge in [-0.15, -0.1) is 0 Å². The van der Waals surface area contributed by atoms with Gasteiger partial charge in [-0.25, -0.2) is 0 Å². The maximum atomic E-state index is 3.57. The van der Waals surface area contributed by atoms with Gasteiger partial charge in [0.15, 0.2) is 0 Å². The molecular formula is C20H14Br2. The van der Waals surface area contributed by atoms with Crippen LogP contribution >= 0.6 is 31.9 Å². The molecule has 0 N–H and O–H groups in total. The number of hydrogen-bond acceptors (Lipinski definition) is 0. The third-order valence-corrected chi connectivity index (χ3v) is 5.18. The molecule has 0 saturated heterocycles. The van der Waals surface area contributed by atoms with E-state index in [0.29, 0.717) is 0 Å². The first-order valence-electron chi connectivity index (χ1n) is 7.38. The highest BCUT2D eigenvalue weighted by molar-refractivity contribution is 9.11. The first-order chi connectivity index (χ1) is 10.7. The normalized spacial score (nSPS) is 12.6. The molecule has 2 heteroatoms. The highest BCUT2D eigenvalue weighted by atomic mass is 79.9. The lowest BCUT2D eigenvalue weighted by molar-refractivity contribution is 0.840. The summed E-state index contributed by atoms with van der Waals surface area (Å²) < 4.78 is 2.17. The molecule has 0 nitrogen and oxygen atoms in total. The molecule has 3 aromatic carbocycles. The molecule has 0 bridgehead atoms. The SMILES string of the molecule is Brc1cc(Br)cc(-c2cccc(-c3ccc4c(c3)CC4)c2)c1. The van der Waals surface area contributed by atoms with Gasteiger partial charge in [0.2, 0.25) is 0 Å². The minimum absolute atomic E-state index is 1.09. The van der Waals surface area contributed by atoms with E-state index in [4.69, 9.17) is 0 Å². The van der Waals surface area contributed by atoms with Crippen LogP contribution in [0.5, 0.6) is 0 Å². The van der Waals surface area contributed by atoms with Crippen LogP contribution < -0.4 is 0 Å². The van der Waals surface area contributed by atoms with Gasteiger partial charge >= 0.3 is 0 Å². The topological polar surface area (TPSA) is 0 Å². The van der Waals surface area contributed by atoms with E-state index in [1.54, 1.807) is 0 Å². The van der Waals surface area contributed by atoms with Crippen LogP contribution in [0.25, 0.3) is 22.3 Å². The number of halogens is 2. The molecule has 108 valence electrons. The smallest absolute Gasteiger partial charge is 0.0192 e. The van der Waals surface area contributed by atoms with Crippen molar-refractivity contribution in [3.8, 4) is 22.3 Å². The van der Waals surface area contributed by atoms with Crippen molar-refractivity contribution in [2.45, 2.75) is 12.8 Å². The van der Waals surface area contributed by atoms with Crippen molar-refractivity contribution in [1.29, 1.82) is 0 Å². The maximum absolute atomic E-state index is 3.57. The van der Waals surface area contributed by atoms with Crippen molar-refractivity contribution in [3.05, 3.63) is 80.7 Å². The minimum atomic E-state index is 1.09. The molecule has 0 radical (unpaired) electrons. The van der Waals surface area contributed by atoms with Crippen molar-refractivity contribution in [2.24, 2.45) is 0 Å². The summed E-state index contributed by atoms with van der Waals surface area (Å²) in [7, 11) is 0. The number of rotatable bonds is 2. The fourth-order valence-corrected chi connectivity index (χ4v) is 4.27. The quantitative estimate of drug-likeness (QED) is 0.441. The fourth-order valence-electron chi connectivity index (χ4n) is 2.97. The minimum Gasteiger partial charge on any atom is -0.0610 e. The second-order valence-corrected chi connectivity index (χ2v) is 7.55. The van der Waals surface area contributed by atoms with Crippen LogP contribution in [-0.2, 0) is 12.8 Å².